The summed E-state index contributed by atoms with van der Waals surface area (Å²) < 4.78 is 0. The fourth-order valence-electron chi connectivity index (χ4n) is 3.88. The number of rotatable bonds is 4. The van der Waals surface area contributed by atoms with E-state index < -0.39 is 0 Å². The monoisotopic (exact) mass is 350 g/mol. The van der Waals surface area contributed by atoms with Crippen molar-refractivity contribution in [2.24, 2.45) is 0 Å². The smallest absolute Gasteiger partial charge is 0.224 e. The highest BCUT2D eigenvalue weighted by atomic mass is 32.2. The highest BCUT2D eigenvalue weighted by molar-refractivity contribution is 7.99. The van der Waals surface area contributed by atoms with Crippen LogP contribution in [0.15, 0.2) is 34.6 Å². The first kappa shape index (κ1) is 14.9. The minimum Gasteiger partial charge on any atom is -0.324 e. The molecular formula is C18H18N6S. The van der Waals surface area contributed by atoms with Crippen molar-refractivity contribution in [3.63, 3.8) is 0 Å². The molecule has 0 fully saturated rings. The van der Waals surface area contributed by atoms with E-state index in [4.69, 9.17) is 0 Å². The Balaban J connectivity index is 1.43. The van der Waals surface area contributed by atoms with Gasteiger partial charge in [-0.3, -0.25) is 0 Å². The second kappa shape index (κ2) is 6.15. The maximum atomic E-state index is 4.59. The summed E-state index contributed by atoms with van der Waals surface area (Å²) >= 11 is 1.47. The first-order chi connectivity index (χ1) is 12.4. The Morgan fingerprint density at radius 3 is 2.52 bits per heavy atom. The number of fused-ring (bicyclic) bond motifs is 2. The fourth-order valence-corrected chi connectivity index (χ4v) is 4.55. The van der Waals surface area contributed by atoms with E-state index in [1.807, 2.05) is 6.07 Å². The molecule has 2 N–H and O–H groups in total. The zero-order valence-electron chi connectivity index (χ0n) is 13.7. The molecule has 126 valence electrons. The third-order valence-electron chi connectivity index (χ3n) is 4.95. The summed E-state index contributed by atoms with van der Waals surface area (Å²) in [5, 5.41) is 19.2. The van der Waals surface area contributed by atoms with Crippen LogP contribution in [0.3, 0.4) is 0 Å². The van der Waals surface area contributed by atoms with E-state index >= 15 is 0 Å². The molecule has 2 heterocycles. The fraction of sp³-hybridized carbons (Fsp3) is 0.333. The van der Waals surface area contributed by atoms with E-state index in [1.54, 1.807) is 12.4 Å². The molecule has 2 aliphatic rings. The predicted molar refractivity (Wildman–Crippen MR) is 96.3 cm³/mol. The van der Waals surface area contributed by atoms with Crippen LogP contribution in [0.2, 0.25) is 0 Å². The summed E-state index contributed by atoms with van der Waals surface area (Å²) in [5.74, 6) is 0.707. The average molecular weight is 350 g/mol. The second-order valence-electron chi connectivity index (χ2n) is 6.51. The molecule has 5 rings (SSSR count). The van der Waals surface area contributed by atoms with E-state index in [1.165, 1.54) is 65.4 Å². The van der Waals surface area contributed by atoms with Gasteiger partial charge in [-0.2, -0.15) is 15.2 Å². The van der Waals surface area contributed by atoms with Crippen LogP contribution in [0.1, 0.15) is 35.1 Å². The lowest BCUT2D eigenvalue weighted by Gasteiger charge is -2.15. The van der Waals surface area contributed by atoms with E-state index in [0.29, 0.717) is 11.1 Å². The summed E-state index contributed by atoms with van der Waals surface area (Å²) in [7, 11) is 0. The molecule has 0 aliphatic heterocycles. The third kappa shape index (κ3) is 2.78. The molecule has 6 nitrogen and oxygen atoms in total. The maximum Gasteiger partial charge on any atom is 0.224 e. The van der Waals surface area contributed by atoms with E-state index in [9.17, 15) is 0 Å². The van der Waals surface area contributed by atoms with Crippen LogP contribution < -0.4 is 5.32 Å². The Morgan fingerprint density at radius 1 is 1.00 bits per heavy atom. The van der Waals surface area contributed by atoms with Crippen LogP contribution in [0, 0.1) is 0 Å². The van der Waals surface area contributed by atoms with Crippen molar-refractivity contribution in [1.82, 2.24) is 25.4 Å². The zero-order valence-corrected chi connectivity index (χ0v) is 14.6. The van der Waals surface area contributed by atoms with Crippen molar-refractivity contribution in [2.45, 2.75) is 48.6 Å². The number of aromatic amines is 1. The Bertz CT molecular complexity index is 889. The summed E-state index contributed by atoms with van der Waals surface area (Å²) in [6, 6.07) is 4.34. The summed E-state index contributed by atoms with van der Waals surface area (Å²) in [6.07, 6.45) is 10.6. The van der Waals surface area contributed by atoms with Crippen molar-refractivity contribution in [2.75, 3.05) is 5.32 Å². The van der Waals surface area contributed by atoms with Crippen molar-refractivity contribution in [1.29, 1.82) is 0 Å². The number of nitrogens with one attached hydrogen (secondary N) is 2. The van der Waals surface area contributed by atoms with Gasteiger partial charge in [-0.25, -0.2) is 5.10 Å². The molecule has 1 aromatic carbocycles. The van der Waals surface area contributed by atoms with Gasteiger partial charge in [0.1, 0.15) is 0 Å². The molecular weight excluding hydrogens is 332 g/mol. The molecule has 0 amide bonds. The number of aromatic nitrogens is 5. The largest absolute Gasteiger partial charge is 0.324 e. The first-order valence-electron chi connectivity index (χ1n) is 8.67. The number of H-pyrrole nitrogens is 1. The number of nitrogens with zero attached hydrogens (tertiary/aromatic N) is 4. The molecule has 0 bridgehead atoms. The van der Waals surface area contributed by atoms with Gasteiger partial charge >= 0.3 is 0 Å². The quantitative estimate of drug-likeness (QED) is 0.750. The van der Waals surface area contributed by atoms with Crippen molar-refractivity contribution in [3.05, 3.63) is 46.8 Å². The third-order valence-corrected chi connectivity index (χ3v) is 5.79. The van der Waals surface area contributed by atoms with Crippen LogP contribution in [0.25, 0.3) is 0 Å². The van der Waals surface area contributed by atoms with Crippen molar-refractivity contribution >= 4 is 23.4 Å². The van der Waals surface area contributed by atoms with Crippen molar-refractivity contribution < 1.29 is 0 Å². The Hall–Kier alpha value is -2.41. The molecule has 0 unspecified atom stereocenters. The van der Waals surface area contributed by atoms with Gasteiger partial charge in [0.2, 0.25) is 11.1 Å². The predicted octanol–water partition coefficient (Wildman–Crippen LogP) is 3.47. The molecule has 25 heavy (non-hydrogen) atoms. The van der Waals surface area contributed by atoms with E-state index in [0.717, 1.165) is 17.7 Å². The Morgan fingerprint density at radius 2 is 1.80 bits per heavy atom. The highest BCUT2D eigenvalue weighted by Gasteiger charge is 2.24. The van der Waals surface area contributed by atoms with Crippen LogP contribution in [-0.4, -0.2) is 25.4 Å². The molecule has 0 saturated heterocycles. The first-order valence-corrected chi connectivity index (χ1v) is 9.49. The standard InChI is InChI=1S/C18H18N6S/c1-3-11-9-12-4-2-6-15(12)16(14(11)5-1)21-17-22-18(24-23-17)25-13-7-8-19-20-10-13/h7-10H,1-6H2,(H2,21,22,23,24). The highest BCUT2D eigenvalue weighted by Crippen LogP contribution is 2.39. The number of hydrogen-bond acceptors (Lipinski definition) is 6. The van der Waals surface area contributed by atoms with Gasteiger partial charge in [-0.15, -0.1) is 5.10 Å². The van der Waals surface area contributed by atoms with Gasteiger partial charge in [-0.1, -0.05) is 6.07 Å². The van der Waals surface area contributed by atoms with Gasteiger partial charge in [0, 0.05) is 10.6 Å². The van der Waals surface area contributed by atoms with Gasteiger partial charge in [0.05, 0.1) is 12.4 Å². The summed E-state index contributed by atoms with van der Waals surface area (Å²) in [5.41, 5.74) is 7.26. The number of benzene rings is 1. The molecule has 0 atom stereocenters. The number of aryl methyl sites for hydroxylation is 2. The summed E-state index contributed by atoms with van der Waals surface area (Å²) in [4.78, 5) is 5.56. The lowest BCUT2D eigenvalue weighted by molar-refractivity contribution is 0.898. The van der Waals surface area contributed by atoms with Crippen LogP contribution in [0.4, 0.5) is 11.6 Å². The van der Waals surface area contributed by atoms with E-state index in [2.05, 4.69) is 36.8 Å². The van der Waals surface area contributed by atoms with Gasteiger partial charge < -0.3 is 5.32 Å². The van der Waals surface area contributed by atoms with Gasteiger partial charge in [0.25, 0.3) is 0 Å². The Labute approximate surface area is 149 Å². The van der Waals surface area contributed by atoms with Gasteiger partial charge in [0.15, 0.2) is 0 Å². The van der Waals surface area contributed by atoms with Crippen molar-refractivity contribution in [3.8, 4) is 0 Å². The van der Waals surface area contributed by atoms with Crippen LogP contribution in [0.5, 0.6) is 0 Å². The molecule has 0 saturated carbocycles. The Kier molecular flexibility index (Phi) is 3.66. The number of hydrogen-bond donors (Lipinski definition) is 2. The molecule has 2 aliphatic carbocycles. The molecule has 2 aromatic heterocycles. The topological polar surface area (TPSA) is 79.4 Å². The molecule has 7 heteroatoms. The van der Waals surface area contributed by atoms with Crippen LogP contribution >= 0.6 is 11.8 Å². The normalized spacial score (nSPS) is 15.2. The lowest BCUT2D eigenvalue weighted by Crippen LogP contribution is -2.02. The second-order valence-corrected chi connectivity index (χ2v) is 7.55. The molecule has 0 radical (unpaired) electrons. The molecule has 0 spiro atoms. The SMILES string of the molecule is c1cc(Sc2n[nH]c(Nc3c4c(cc5c3CCC5)CCC4)n2)cnn1. The zero-order chi connectivity index (χ0) is 16.6. The summed E-state index contributed by atoms with van der Waals surface area (Å²) in [6.45, 7) is 0. The number of anilines is 2. The average Bonchev–Trinajstić information content (AvgIpc) is 3.36. The maximum absolute atomic E-state index is 4.59. The molecule has 3 aromatic rings. The lowest BCUT2D eigenvalue weighted by atomic mass is 9.99. The van der Waals surface area contributed by atoms with Crippen LogP contribution in [-0.2, 0) is 25.7 Å². The van der Waals surface area contributed by atoms with Gasteiger partial charge in [-0.05, 0) is 78.6 Å². The van der Waals surface area contributed by atoms with E-state index in [-0.39, 0.29) is 0 Å². The minimum atomic E-state index is 0.680. The minimum absolute atomic E-state index is 0.680.